The molecule has 0 aromatic heterocycles. The van der Waals surface area contributed by atoms with Gasteiger partial charge in [-0.3, -0.25) is 4.79 Å². The first-order valence-electron chi connectivity index (χ1n) is 5.82. The number of nitrogens with one attached hydrogen (secondary N) is 1. The maximum absolute atomic E-state index is 11.5. The molecule has 0 bridgehead atoms. The van der Waals surface area contributed by atoms with Gasteiger partial charge in [0.2, 0.25) is 0 Å². The molecule has 1 aromatic rings. The molecule has 1 rings (SSSR count). The van der Waals surface area contributed by atoms with Gasteiger partial charge in [-0.1, -0.05) is 29.8 Å². The molecule has 1 amide bonds. The van der Waals surface area contributed by atoms with E-state index in [0.717, 1.165) is 0 Å². The van der Waals surface area contributed by atoms with Crippen molar-refractivity contribution in [3.8, 4) is 5.75 Å². The zero-order valence-electron chi connectivity index (χ0n) is 10.8. The van der Waals surface area contributed by atoms with E-state index in [2.05, 4.69) is 21.2 Å². The van der Waals surface area contributed by atoms with Crippen molar-refractivity contribution in [3.05, 3.63) is 28.2 Å². The van der Waals surface area contributed by atoms with Crippen molar-refractivity contribution < 1.29 is 19.4 Å². The van der Waals surface area contributed by atoms with Crippen LogP contribution in [0.15, 0.2) is 22.7 Å². The van der Waals surface area contributed by atoms with E-state index in [1.54, 1.807) is 6.07 Å². The van der Waals surface area contributed by atoms with Crippen LogP contribution in [0.5, 0.6) is 5.75 Å². The predicted octanol–water partition coefficient (Wildman–Crippen LogP) is 2.30. The van der Waals surface area contributed by atoms with Crippen molar-refractivity contribution >= 4 is 27.8 Å². The third-order valence-electron chi connectivity index (χ3n) is 2.24. The highest BCUT2D eigenvalue weighted by atomic mass is 79.9. The van der Waals surface area contributed by atoms with Gasteiger partial charge < -0.3 is 15.2 Å². The largest absolute Gasteiger partial charge is 0.483 e. The monoisotopic (exact) mass is 329 g/mol. The SMILES string of the molecule is CC(C)CNC(=O)COc1cc(Br)ccc1C(=O)O. The Hall–Kier alpha value is -1.56. The molecule has 0 aliphatic rings. The van der Waals surface area contributed by atoms with Gasteiger partial charge in [-0.05, 0) is 24.1 Å². The Morgan fingerprint density at radius 3 is 2.68 bits per heavy atom. The number of halogens is 1. The van der Waals surface area contributed by atoms with Crippen molar-refractivity contribution in [2.24, 2.45) is 5.92 Å². The number of carboxylic acids is 1. The van der Waals surface area contributed by atoms with Crippen molar-refractivity contribution in [1.29, 1.82) is 0 Å². The highest BCUT2D eigenvalue weighted by Crippen LogP contribution is 2.23. The second-order valence-electron chi connectivity index (χ2n) is 4.43. The summed E-state index contributed by atoms with van der Waals surface area (Å²) >= 11 is 3.23. The quantitative estimate of drug-likeness (QED) is 0.839. The molecule has 1 aromatic carbocycles. The van der Waals surface area contributed by atoms with Gasteiger partial charge in [0, 0.05) is 11.0 Å². The molecule has 0 heterocycles. The van der Waals surface area contributed by atoms with Gasteiger partial charge in [-0.25, -0.2) is 4.79 Å². The maximum atomic E-state index is 11.5. The van der Waals surface area contributed by atoms with Crippen molar-refractivity contribution in [3.63, 3.8) is 0 Å². The zero-order chi connectivity index (χ0) is 14.4. The van der Waals surface area contributed by atoms with Gasteiger partial charge in [-0.2, -0.15) is 0 Å². The van der Waals surface area contributed by atoms with Crippen LogP contribution in [0.1, 0.15) is 24.2 Å². The molecule has 0 saturated heterocycles. The molecule has 2 N–H and O–H groups in total. The Morgan fingerprint density at radius 2 is 2.11 bits per heavy atom. The summed E-state index contributed by atoms with van der Waals surface area (Å²) in [7, 11) is 0. The van der Waals surface area contributed by atoms with Gasteiger partial charge in [0.15, 0.2) is 6.61 Å². The minimum Gasteiger partial charge on any atom is -0.483 e. The Bertz CT molecular complexity index is 474. The third-order valence-corrected chi connectivity index (χ3v) is 2.73. The van der Waals surface area contributed by atoms with Crippen LogP contribution in [-0.4, -0.2) is 30.1 Å². The van der Waals surface area contributed by atoms with Gasteiger partial charge in [0.1, 0.15) is 11.3 Å². The molecule has 0 fully saturated rings. The first kappa shape index (κ1) is 15.5. The first-order valence-corrected chi connectivity index (χ1v) is 6.61. The van der Waals surface area contributed by atoms with Crippen LogP contribution in [-0.2, 0) is 4.79 Å². The molecule has 6 heteroatoms. The van der Waals surface area contributed by atoms with E-state index in [0.29, 0.717) is 16.9 Å². The highest BCUT2D eigenvalue weighted by Gasteiger charge is 2.13. The number of carbonyl (C=O) groups is 2. The Kier molecular flexibility index (Phi) is 5.82. The average molecular weight is 330 g/mol. The number of ether oxygens (including phenoxy) is 1. The maximum Gasteiger partial charge on any atom is 0.339 e. The van der Waals surface area contributed by atoms with E-state index in [9.17, 15) is 9.59 Å². The van der Waals surface area contributed by atoms with E-state index in [4.69, 9.17) is 9.84 Å². The Morgan fingerprint density at radius 1 is 1.42 bits per heavy atom. The molecule has 0 saturated carbocycles. The lowest BCUT2D eigenvalue weighted by Crippen LogP contribution is -2.31. The number of amides is 1. The van der Waals surface area contributed by atoms with Crippen molar-refractivity contribution in [1.82, 2.24) is 5.32 Å². The van der Waals surface area contributed by atoms with Crippen LogP contribution in [0.3, 0.4) is 0 Å². The number of rotatable bonds is 6. The van der Waals surface area contributed by atoms with Gasteiger partial charge in [0.25, 0.3) is 5.91 Å². The number of carbonyl (C=O) groups excluding carboxylic acids is 1. The van der Waals surface area contributed by atoms with Crippen LogP contribution < -0.4 is 10.1 Å². The number of hydrogen-bond acceptors (Lipinski definition) is 3. The van der Waals surface area contributed by atoms with E-state index in [1.165, 1.54) is 12.1 Å². The summed E-state index contributed by atoms with van der Waals surface area (Å²) in [6.45, 7) is 4.33. The fourth-order valence-electron chi connectivity index (χ4n) is 1.30. The van der Waals surface area contributed by atoms with Gasteiger partial charge in [0.05, 0.1) is 0 Å². The van der Waals surface area contributed by atoms with Crippen LogP contribution in [0.4, 0.5) is 0 Å². The summed E-state index contributed by atoms with van der Waals surface area (Å²) in [5.74, 6) is -0.846. The molecule has 5 nitrogen and oxygen atoms in total. The summed E-state index contributed by atoms with van der Waals surface area (Å²) in [5.41, 5.74) is 0.0276. The zero-order valence-corrected chi connectivity index (χ0v) is 12.4. The van der Waals surface area contributed by atoms with Crippen LogP contribution in [0, 0.1) is 5.92 Å². The van der Waals surface area contributed by atoms with E-state index >= 15 is 0 Å². The topological polar surface area (TPSA) is 75.6 Å². The first-order chi connectivity index (χ1) is 8.90. The van der Waals surface area contributed by atoms with Crippen LogP contribution in [0.2, 0.25) is 0 Å². The summed E-state index contributed by atoms with van der Waals surface area (Å²) < 4.78 is 5.94. The third kappa shape index (κ3) is 5.30. The van der Waals surface area contributed by atoms with Crippen LogP contribution >= 0.6 is 15.9 Å². The van der Waals surface area contributed by atoms with Gasteiger partial charge >= 0.3 is 5.97 Å². The highest BCUT2D eigenvalue weighted by molar-refractivity contribution is 9.10. The Labute approximate surface area is 120 Å². The smallest absolute Gasteiger partial charge is 0.339 e. The second kappa shape index (κ2) is 7.13. The number of benzene rings is 1. The molecule has 0 radical (unpaired) electrons. The number of carboxylic acid groups (broad SMARTS) is 1. The standard InChI is InChI=1S/C13H16BrNO4/c1-8(2)6-15-12(16)7-19-11-5-9(14)3-4-10(11)13(17)18/h3-5,8H,6-7H2,1-2H3,(H,15,16)(H,17,18). The van der Waals surface area contributed by atoms with E-state index < -0.39 is 5.97 Å². The fraction of sp³-hybridized carbons (Fsp3) is 0.385. The molecule has 0 aliphatic heterocycles. The van der Waals surface area contributed by atoms with E-state index in [-0.39, 0.29) is 23.8 Å². The lowest BCUT2D eigenvalue weighted by Gasteiger charge is -2.11. The second-order valence-corrected chi connectivity index (χ2v) is 5.35. The summed E-state index contributed by atoms with van der Waals surface area (Å²) in [6, 6.07) is 4.56. The lowest BCUT2D eigenvalue weighted by molar-refractivity contribution is -0.123. The predicted molar refractivity (Wildman–Crippen MR) is 74.4 cm³/mol. The number of aromatic carboxylic acids is 1. The average Bonchev–Trinajstić information content (AvgIpc) is 2.33. The van der Waals surface area contributed by atoms with Crippen molar-refractivity contribution in [2.75, 3.05) is 13.2 Å². The molecule has 0 spiro atoms. The summed E-state index contributed by atoms with van der Waals surface area (Å²) in [5, 5.41) is 11.7. The molecule has 104 valence electrons. The number of hydrogen-bond donors (Lipinski definition) is 2. The van der Waals surface area contributed by atoms with Gasteiger partial charge in [-0.15, -0.1) is 0 Å². The van der Waals surface area contributed by atoms with E-state index in [1.807, 2.05) is 13.8 Å². The van der Waals surface area contributed by atoms with Crippen LogP contribution in [0.25, 0.3) is 0 Å². The molecular formula is C13H16BrNO4. The molecule has 0 aliphatic carbocycles. The summed E-state index contributed by atoms with van der Waals surface area (Å²) in [4.78, 5) is 22.5. The summed E-state index contributed by atoms with van der Waals surface area (Å²) in [6.07, 6.45) is 0. The lowest BCUT2D eigenvalue weighted by atomic mass is 10.2. The van der Waals surface area contributed by atoms with Crippen molar-refractivity contribution in [2.45, 2.75) is 13.8 Å². The fourth-order valence-corrected chi connectivity index (χ4v) is 1.64. The molecular weight excluding hydrogens is 314 g/mol. The molecule has 0 unspecified atom stereocenters. The molecule has 0 atom stereocenters. The minimum absolute atomic E-state index is 0.0276. The minimum atomic E-state index is -1.09. The molecule has 19 heavy (non-hydrogen) atoms. The normalized spacial score (nSPS) is 10.3. The Balaban J connectivity index is 2.64.